The van der Waals surface area contributed by atoms with Gasteiger partial charge in [-0.1, -0.05) is 6.07 Å². The van der Waals surface area contributed by atoms with E-state index in [0.29, 0.717) is 30.1 Å². The fourth-order valence-corrected chi connectivity index (χ4v) is 4.24. The lowest BCUT2D eigenvalue weighted by molar-refractivity contribution is -0.117. The van der Waals surface area contributed by atoms with Crippen LogP contribution in [0.5, 0.6) is 5.75 Å². The molecule has 34 heavy (non-hydrogen) atoms. The molecule has 2 unspecified atom stereocenters. The van der Waals surface area contributed by atoms with Crippen molar-refractivity contribution in [2.45, 2.75) is 31.0 Å². The number of nitriles is 1. The van der Waals surface area contributed by atoms with Crippen LogP contribution in [0.2, 0.25) is 0 Å². The standard InChI is InChI=1S/C25H23FN6O2/c26-21-13-28-5-4-23(21)34-22-2-1-15(7-17(22)10-27)16-3-6-31-24(8-16)32-25(33)20-9-19(20)18-11-29-14-30-12-18/h1-3,6-8,11-12,14,19-21,23,28H,4-5,9,13H2,(H,31,32,33)/t19?,20?,21-,23+/m1/s1. The molecule has 2 aromatic heterocycles. The molecule has 3 aromatic rings. The van der Waals surface area contributed by atoms with Crippen LogP contribution < -0.4 is 15.4 Å². The van der Waals surface area contributed by atoms with Crippen LogP contribution in [0.15, 0.2) is 55.2 Å². The van der Waals surface area contributed by atoms with Crippen molar-refractivity contribution in [1.82, 2.24) is 20.3 Å². The number of carbonyl (C=O) groups is 1. The number of pyridine rings is 1. The van der Waals surface area contributed by atoms with Crippen molar-refractivity contribution in [3.8, 4) is 22.9 Å². The smallest absolute Gasteiger partial charge is 0.229 e. The van der Waals surface area contributed by atoms with E-state index in [9.17, 15) is 14.4 Å². The molecule has 2 aliphatic rings. The van der Waals surface area contributed by atoms with Crippen LogP contribution in [0.1, 0.15) is 29.9 Å². The second-order valence-electron chi connectivity index (χ2n) is 8.53. The summed E-state index contributed by atoms with van der Waals surface area (Å²) < 4.78 is 19.9. The molecule has 0 radical (unpaired) electrons. The van der Waals surface area contributed by atoms with Crippen LogP contribution in [0.25, 0.3) is 11.1 Å². The summed E-state index contributed by atoms with van der Waals surface area (Å²) in [5.41, 5.74) is 2.85. The fraction of sp³-hybridized carbons (Fsp3) is 0.320. The molecule has 0 bridgehead atoms. The van der Waals surface area contributed by atoms with Crippen LogP contribution in [0, 0.1) is 17.2 Å². The summed E-state index contributed by atoms with van der Waals surface area (Å²) >= 11 is 0. The molecule has 4 atom stereocenters. The molecule has 1 aliphatic heterocycles. The zero-order valence-electron chi connectivity index (χ0n) is 18.3. The number of piperidine rings is 1. The Bertz CT molecular complexity index is 1230. The van der Waals surface area contributed by atoms with E-state index in [2.05, 4.69) is 31.7 Å². The van der Waals surface area contributed by atoms with Gasteiger partial charge in [-0.05, 0) is 66.3 Å². The van der Waals surface area contributed by atoms with E-state index in [4.69, 9.17) is 4.74 Å². The zero-order chi connectivity index (χ0) is 23.5. The molecular weight excluding hydrogens is 435 g/mol. The predicted molar refractivity (Wildman–Crippen MR) is 123 cm³/mol. The van der Waals surface area contributed by atoms with Crippen molar-refractivity contribution < 1.29 is 13.9 Å². The first kappa shape index (κ1) is 21.9. The second kappa shape index (κ2) is 9.53. The van der Waals surface area contributed by atoms with Gasteiger partial charge in [-0.3, -0.25) is 4.79 Å². The summed E-state index contributed by atoms with van der Waals surface area (Å²) in [6.07, 6.45) is 6.16. The normalized spacial score (nSPS) is 23.5. The molecule has 1 amide bonds. The summed E-state index contributed by atoms with van der Waals surface area (Å²) in [4.78, 5) is 25.0. The van der Waals surface area contributed by atoms with Gasteiger partial charge < -0.3 is 15.4 Å². The average molecular weight is 458 g/mol. The summed E-state index contributed by atoms with van der Waals surface area (Å²) in [6.45, 7) is 0.925. The number of nitrogens with one attached hydrogen (secondary N) is 2. The van der Waals surface area contributed by atoms with Crippen LogP contribution in [0.4, 0.5) is 10.2 Å². The van der Waals surface area contributed by atoms with Crippen molar-refractivity contribution in [3.05, 3.63) is 66.4 Å². The minimum atomic E-state index is -1.12. The van der Waals surface area contributed by atoms with E-state index in [0.717, 1.165) is 23.1 Å². The Kier molecular flexibility index (Phi) is 6.14. The van der Waals surface area contributed by atoms with Crippen LogP contribution in [-0.4, -0.2) is 46.2 Å². The summed E-state index contributed by atoms with van der Waals surface area (Å²) in [7, 11) is 0. The van der Waals surface area contributed by atoms with E-state index >= 15 is 0 Å². The quantitative estimate of drug-likeness (QED) is 0.583. The second-order valence-corrected chi connectivity index (χ2v) is 8.53. The summed E-state index contributed by atoms with van der Waals surface area (Å²) in [5.74, 6) is 0.702. The van der Waals surface area contributed by atoms with Gasteiger partial charge in [0.2, 0.25) is 5.91 Å². The molecule has 1 aliphatic carbocycles. The lowest BCUT2D eigenvalue weighted by atomic mass is 10.0. The lowest BCUT2D eigenvalue weighted by Crippen LogP contribution is -2.44. The fourth-order valence-electron chi connectivity index (χ4n) is 4.24. The maximum absolute atomic E-state index is 14.1. The molecule has 2 N–H and O–H groups in total. The lowest BCUT2D eigenvalue weighted by Gasteiger charge is -2.27. The van der Waals surface area contributed by atoms with Crippen LogP contribution >= 0.6 is 0 Å². The Morgan fingerprint density at radius 2 is 2.03 bits per heavy atom. The van der Waals surface area contributed by atoms with Gasteiger partial charge in [-0.25, -0.2) is 19.3 Å². The Morgan fingerprint density at radius 3 is 2.82 bits per heavy atom. The maximum atomic E-state index is 14.1. The SMILES string of the molecule is N#Cc1cc(-c2ccnc(NC(=O)C3CC3c3cncnc3)c2)ccc1O[C@H]1CCNC[C@H]1F. The number of hydrogen-bond donors (Lipinski definition) is 2. The summed E-state index contributed by atoms with van der Waals surface area (Å²) in [5, 5.41) is 15.5. The van der Waals surface area contributed by atoms with Crippen LogP contribution in [0.3, 0.4) is 0 Å². The average Bonchev–Trinajstić information content (AvgIpc) is 3.68. The van der Waals surface area contributed by atoms with Crippen molar-refractivity contribution in [3.63, 3.8) is 0 Å². The van der Waals surface area contributed by atoms with E-state index < -0.39 is 12.3 Å². The first-order valence-corrected chi connectivity index (χ1v) is 11.2. The molecular formula is C25H23FN6O2. The number of rotatable bonds is 6. The Balaban J connectivity index is 1.28. The monoisotopic (exact) mass is 458 g/mol. The number of ether oxygens (including phenoxy) is 1. The molecule has 5 rings (SSSR count). The van der Waals surface area contributed by atoms with Gasteiger partial charge in [-0.15, -0.1) is 0 Å². The van der Waals surface area contributed by atoms with Gasteiger partial charge in [-0.2, -0.15) is 5.26 Å². The third-order valence-electron chi connectivity index (χ3n) is 6.21. The zero-order valence-corrected chi connectivity index (χ0v) is 18.3. The molecule has 0 spiro atoms. The van der Waals surface area contributed by atoms with Gasteiger partial charge in [0.25, 0.3) is 0 Å². The summed E-state index contributed by atoms with van der Waals surface area (Å²) in [6, 6.07) is 10.9. The molecule has 1 saturated heterocycles. The molecule has 8 nitrogen and oxygen atoms in total. The molecule has 1 saturated carbocycles. The number of anilines is 1. The van der Waals surface area contributed by atoms with Crippen molar-refractivity contribution in [2.75, 3.05) is 18.4 Å². The number of alkyl halides is 1. The highest BCUT2D eigenvalue weighted by molar-refractivity contribution is 5.95. The molecule has 3 heterocycles. The Labute approximate surface area is 196 Å². The van der Waals surface area contributed by atoms with E-state index in [1.165, 1.54) is 6.33 Å². The Hall–Kier alpha value is -3.90. The third-order valence-corrected chi connectivity index (χ3v) is 6.21. The number of hydrogen-bond acceptors (Lipinski definition) is 7. The molecule has 172 valence electrons. The number of nitrogens with zero attached hydrogens (tertiary/aromatic N) is 4. The number of amides is 1. The van der Waals surface area contributed by atoms with Gasteiger partial charge in [0, 0.05) is 31.1 Å². The largest absolute Gasteiger partial charge is 0.486 e. The highest BCUT2D eigenvalue weighted by Crippen LogP contribution is 2.47. The number of benzene rings is 1. The topological polar surface area (TPSA) is 113 Å². The van der Waals surface area contributed by atoms with Gasteiger partial charge in [0.05, 0.1) is 5.56 Å². The highest BCUT2D eigenvalue weighted by atomic mass is 19.1. The van der Waals surface area contributed by atoms with Gasteiger partial charge >= 0.3 is 0 Å². The number of halogens is 1. The van der Waals surface area contributed by atoms with Crippen LogP contribution in [-0.2, 0) is 4.79 Å². The molecule has 9 heteroatoms. The predicted octanol–water partition coefficient (Wildman–Crippen LogP) is 3.23. The molecule has 1 aromatic carbocycles. The van der Waals surface area contributed by atoms with E-state index in [-0.39, 0.29) is 24.3 Å². The minimum absolute atomic E-state index is 0.0947. The van der Waals surface area contributed by atoms with Crippen molar-refractivity contribution in [2.24, 2.45) is 5.92 Å². The minimum Gasteiger partial charge on any atom is -0.486 e. The maximum Gasteiger partial charge on any atom is 0.229 e. The first-order chi connectivity index (χ1) is 16.6. The van der Waals surface area contributed by atoms with Gasteiger partial charge in [0.1, 0.15) is 36.2 Å². The first-order valence-electron chi connectivity index (χ1n) is 11.2. The highest BCUT2D eigenvalue weighted by Gasteiger charge is 2.44. The number of carbonyl (C=O) groups excluding carboxylic acids is 1. The van der Waals surface area contributed by atoms with E-state index in [1.54, 1.807) is 42.9 Å². The Morgan fingerprint density at radius 1 is 1.21 bits per heavy atom. The molecule has 2 fully saturated rings. The van der Waals surface area contributed by atoms with Crippen molar-refractivity contribution >= 4 is 11.7 Å². The van der Waals surface area contributed by atoms with Crippen molar-refractivity contribution in [1.29, 1.82) is 5.26 Å². The third kappa shape index (κ3) is 4.72. The number of aromatic nitrogens is 3. The van der Waals surface area contributed by atoms with E-state index in [1.807, 2.05) is 6.07 Å². The van der Waals surface area contributed by atoms with Gasteiger partial charge in [0.15, 0.2) is 0 Å².